The van der Waals surface area contributed by atoms with E-state index < -0.39 is 6.04 Å². The van der Waals surface area contributed by atoms with Gasteiger partial charge in [0.2, 0.25) is 5.91 Å². The van der Waals surface area contributed by atoms with Gasteiger partial charge in [0.25, 0.3) is 0 Å². The molecule has 1 heterocycles. The zero-order valence-corrected chi connectivity index (χ0v) is 22.5. The Morgan fingerprint density at radius 1 is 0.947 bits per heavy atom. The van der Waals surface area contributed by atoms with Crippen molar-refractivity contribution in [2.45, 2.75) is 45.6 Å². The summed E-state index contributed by atoms with van der Waals surface area (Å²) in [5, 5.41) is 3.58. The normalized spacial score (nSPS) is 18.7. The van der Waals surface area contributed by atoms with E-state index in [1.54, 1.807) is 18.9 Å². The second kappa shape index (κ2) is 10.7. The number of ether oxygens (including phenoxy) is 1. The Labute approximate surface area is 224 Å². The maximum Gasteiger partial charge on any atom is 0.224 e. The van der Waals surface area contributed by atoms with Crippen molar-refractivity contribution in [1.29, 1.82) is 0 Å². The van der Waals surface area contributed by atoms with Crippen molar-refractivity contribution in [3.05, 3.63) is 95.2 Å². The van der Waals surface area contributed by atoms with E-state index in [4.69, 9.17) is 4.74 Å². The van der Waals surface area contributed by atoms with Crippen LogP contribution in [0.3, 0.4) is 0 Å². The molecule has 1 amide bonds. The molecule has 0 fully saturated rings. The fourth-order valence-electron chi connectivity index (χ4n) is 5.82. The number of ketones is 1. The summed E-state index contributed by atoms with van der Waals surface area (Å²) in [6, 6.07) is 23.5. The van der Waals surface area contributed by atoms with E-state index in [2.05, 4.69) is 48.3 Å². The van der Waals surface area contributed by atoms with Crippen LogP contribution in [0.15, 0.2) is 84.1 Å². The molecule has 3 aromatic rings. The molecule has 0 unspecified atom stereocenters. The average Bonchev–Trinajstić information content (AvgIpc) is 3.09. The number of fused-ring (bicyclic) bond motifs is 1. The van der Waals surface area contributed by atoms with Crippen LogP contribution in [0.5, 0.6) is 5.75 Å². The van der Waals surface area contributed by atoms with Crippen LogP contribution in [0.1, 0.15) is 56.7 Å². The molecule has 0 saturated heterocycles. The van der Waals surface area contributed by atoms with Gasteiger partial charge in [-0.15, -0.1) is 0 Å². The van der Waals surface area contributed by atoms with Crippen LogP contribution in [0.2, 0.25) is 0 Å². The van der Waals surface area contributed by atoms with Crippen LogP contribution in [0.4, 0.5) is 17.1 Å². The lowest BCUT2D eigenvalue weighted by Gasteiger charge is -2.34. The molecule has 0 bridgehead atoms. The minimum atomic E-state index is -0.525. The molecule has 0 aromatic heterocycles. The van der Waals surface area contributed by atoms with Crippen molar-refractivity contribution >= 4 is 28.8 Å². The predicted molar refractivity (Wildman–Crippen MR) is 153 cm³/mol. The Hall–Kier alpha value is -4.06. The minimum absolute atomic E-state index is 0.0621. The molecule has 0 spiro atoms. The fourth-order valence-corrected chi connectivity index (χ4v) is 5.82. The summed E-state index contributed by atoms with van der Waals surface area (Å²) in [5.74, 6) is 0.743. The smallest absolute Gasteiger partial charge is 0.224 e. The van der Waals surface area contributed by atoms with Crippen LogP contribution >= 0.6 is 0 Å². The highest BCUT2D eigenvalue weighted by atomic mass is 16.5. The highest BCUT2D eigenvalue weighted by Gasteiger charge is 2.40. The first-order valence-corrected chi connectivity index (χ1v) is 13.4. The summed E-state index contributed by atoms with van der Waals surface area (Å²) < 4.78 is 5.37. The molecule has 1 N–H and O–H groups in total. The van der Waals surface area contributed by atoms with Gasteiger partial charge in [0.15, 0.2) is 5.78 Å². The Kier molecular flexibility index (Phi) is 7.23. The zero-order chi connectivity index (χ0) is 26.8. The molecule has 6 heteroatoms. The summed E-state index contributed by atoms with van der Waals surface area (Å²) >= 11 is 0. The Morgan fingerprint density at radius 2 is 1.61 bits per heavy atom. The predicted octanol–water partition coefficient (Wildman–Crippen LogP) is 6.46. The number of benzene rings is 3. The van der Waals surface area contributed by atoms with E-state index in [-0.39, 0.29) is 17.6 Å². The average molecular weight is 510 g/mol. The van der Waals surface area contributed by atoms with Crippen molar-refractivity contribution in [2.24, 2.45) is 0 Å². The van der Waals surface area contributed by atoms with E-state index in [1.807, 2.05) is 48.5 Å². The van der Waals surface area contributed by atoms with Gasteiger partial charge in [0.05, 0.1) is 24.5 Å². The van der Waals surface area contributed by atoms with Crippen molar-refractivity contribution in [3.8, 4) is 5.75 Å². The number of Topliss-reactive ketones (excluding diaryl/α,β-unsaturated/α-hetero) is 1. The van der Waals surface area contributed by atoms with Crippen molar-refractivity contribution in [3.63, 3.8) is 0 Å². The molecule has 5 rings (SSSR count). The quantitative estimate of drug-likeness (QED) is 0.413. The summed E-state index contributed by atoms with van der Waals surface area (Å²) in [6.07, 6.45) is 1.10. The largest absolute Gasteiger partial charge is 0.497 e. The number of hydrogen-bond acceptors (Lipinski definition) is 5. The Morgan fingerprint density at radius 3 is 2.24 bits per heavy atom. The lowest BCUT2D eigenvalue weighted by molar-refractivity contribution is -0.117. The molecule has 196 valence electrons. The molecule has 1 aliphatic carbocycles. The number of anilines is 3. The number of amides is 1. The van der Waals surface area contributed by atoms with Crippen LogP contribution in [0.25, 0.3) is 0 Å². The van der Waals surface area contributed by atoms with Crippen LogP contribution in [-0.2, 0) is 9.59 Å². The molecule has 2 aliphatic rings. The number of carbonyl (C=O) groups is 2. The fraction of sp³-hybridized carbons (Fsp3) is 0.312. The maximum atomic E-state index is 14.0. The van der Waals surface area contributed by atoms with Crippen LogP contribution < -0.4 is 19.9 Å². The second-order valence-electron chi connectivity index (χ2n) is 9.89. The number of hydrogen-bond donors (Lipinski definition) is 1. The van der Waals surface area contributed by atoms with Gasteiger partial charge in [-0.25, -0.2) is 0 Å². The van der Waals surface area contributed by atoms with E-state index in [1.165, 1.54) is 5.69 Å². The van der Waals surface area contributed by atoms with Gasteiger partial charge in [-0.2, -0.15) is 0 Å². The monoisotopic (exact) mass is 509 g/mol. The second-order valence-corrected chi connectivity index (χ2v) is 9.89. The van der Waals surface area contributed by atoms with Gasteiger partial charge in [0, 0.05) is 43.4 Å². The van der Waals surface area contributed by atoms with E-state index in [9.17, 15) is 9.59 Å². The summed E-state index contributed by atoms with van der Waals surface area (Å²) in [4.78, 5) is 31.2. The summed E-state index contributed by atoms with van der Waals surface area (Å²) in [7, 11) is 1.63. The summed E-state index contributed by atoms with van der Waals surface area (Å²) in [5.41, 5.74) is 6.37. The first kappa shape index (κ1) is 25.6. The van der Waals surface area contributed by atoms with Gasteiger partial charge in [-0.1, -0.05) is 36.4 Å². The highest BCUT2D eigenvalue weighted by molar-refractivity contribution is 6.06. The molecule has 3 aromatic carbocycles. The number of methoxy groups -OCH3 is 1. The minimum Gasteiger partial charge on any atom is -0.497 e. The number of nitrogens with zero attached hydrogens (tertiary/aromatic N) is 2. The topological polar surface area (TPSA) is 61.9 Å². The lowest BCUT2D eigenvalue weighted by atomic mass is 9.78. The number of para-hydroxylation sites is 2. The maximum absolute atomic E-state index is 14.0. The summed E-state index contributed by atoms with van der Waals surface area (Å²) in [6.45, 7) is 7.79. The number of rotatable bonds is 6. The van der Waals surface area contributed by atoms with Gasteiger partial charge >= 0.3 is 0 Å². The zero-order valence-electron chi connectivity index (χ0n) is 22.5. The van der Waals surface area contributed by atoms with Crippen LogP contribution in [0, 0.1) is 0 Å². The van der Waals surface area contributed by atoms with Crippen LogP contribution in [-0.4, -0.2) is 31.9 Å². The van der Waals surface area contributed by atoms with Crippen molar-refractivity contribution in [2.75, 3.05) is 35.3 Å². The molecule has 2 atom stereocenters. The number of nitrogens with one attached hydrogen (secondary N) is 1. The number of allylic oxidation sites excluding steroid dienone is 1. The van der Waals surface area contributed by atoms with E-state index in [0.717, 1.165) is 47.0 Å². The van der Waals surface area contributed by atoms with Crippen molar-refractivity contribution in [1.82, 2.24) is 0 Å². The molecule has 6 nitrogen and oxygen atoms in total. The van der Waals surface area contributed by atoms with Gasteiger partial charge < -0.3 is 15.0 Å². The van der Waals surface area contributed by atoms with E-state index in [0.29, 0.717) is 18.4 Å². The molecular formula is C32H35N3O3. The molecule has 0 radical (unpaired) electrons. The van der Waals surface area contributed by atoms with Crippen molar-refractivity contribution < 1.29 is 14.3 Å². The molecular weight excluding hydrogens is 474 g/mol. The first-order valence-electron chi connectivity index (χ1n) is 13.4. The van der Waals surface area contributed by atoms with Gasteiger partial charge in [-0.05, 0) is 73.7 Å². The molecule has 38 heavy (non-hydrogen) atoms. The van der Waals surface area contributed by atoms with Gasteiger partial charge in [-0.3, -0.25) is 14.5 Å². The van der Waals surface area contributed by atoms with Gasteiger partial charge in [0.1, 0.15) is 5.75 Å². The standard InChI is InChI=1S/C32H35N3O3/c1-5-34(6-2)25-15-11-22(12-16-25)24-19-28-31(30(37)20-24)32(23-13-17-26(38-4)18-14-23)35(21(3)36)29-10-8-7-9-27(29)33-28/h7-18,24,32-33H,5-6,19-20H2,1-4H3/t24-,32-/m0/s1. The molecule has 1 aliphatic heterocycles. The third kappa shape index (κ3) is 4.67. The molecule has 0 saturated carbocycles. The third-order valence-corrected chi connectivity index (χ3v) is 7.75. The number of carbonyl (C=O) groups excluding carboxylic acids is 2. The Bertz CT molecular complexity index is 1360. The van der Waals surface area contributed by atoms with E-state index >= 15 is 0 Å². The Balaban J connectivity index is 1.59. The SMILES string of the molecule is CCN(CC)c1ccc([C@@H]2CC(=O)C3=C(C2)Nc2ccccc2N(C(C)=O)[C@H]3c2ccc(OC)cc2)cc1. The third-order valence-electron chi connectivity index (χ3n) is 7.75. The highest BCUT2D eigenvalue weighted by Crippen LogP contribution is 2.47. The lowest BCUT2D eigenvalue weighted by Crippen LogP contribution is -2.37. The first-order chi connectivity index (χ1) is 18.4.